The summed E-state index contributed by atoms with van der Waals surface area (Å²) in [5.74, 6) is -1.20. The summed E-state index contributed by atoms with van der Waals surface area (Å²) in [6.45, 7) is 3.80. The number of carbonyl (C=O) groups is 2. The third kappa shape index (κ3) is 4.32. The minimum atomic E-state index is -0.665. The van der Waals surface area contributed by atoms with Crippen LogP contribution in [0.25, 0.3) is 0 Å². The molecule has 1 aromatic rings. The van der Waals surface area contributed by atoms with Gasteiger partial charge in [0.15, 0.2) is 6.61 Å². The van der Waals surface area contributed by atoms with Gasteiger partial charge in [-0.1, -0.05) is 12.1 Å². The van der Waals surface area contributed by atoms with Crippen molar-refractivity contribution in [2.75, 3.05) is 32.9 Å². The van der Waals surface area contributed by atoms with E-state index in [0.29, 0.717) is 5.56 Å². The Bertz CT molecular complexity index is 467. The molecule has 1 heterocycles. The summed E-state index contributed by atoms with van der Waals surface area (Å²) in [6, 6.07) is 7.16. The summed E-state index contributed by atoms with van der Waals surface area (Å²) in [5, 5.41) is 0. The van der Waals surface area contributed by atoms with Crippen molar-refractivity contribution in [1.82, 2.24) is 4.90 Å². The number of rotatable bonds is 5. The summed E-state index contributed by atoms with van der Waals surface area (Å²) in [7, 11) is 0. The zero-order valence-corrected chi connectivity index (χ0v) is 11.2. The van der Waals surface area contributed by atoms with Crippen LogP contribution in [0.4, 0.5) is 0 Å². The van der Waals surface area contributed by atoms with Crippen LogP contribution in [0.2, 0.25) is 0 Å². The second-order valence-electron chi connectivity index (χ2n) is 4.63. The van der Waals surface area contributed by atoms with Crippen LogP contribution in [0.15, 0.2) is 24.3 Å². The average Bonchev–Trinajstić information content (AvgIpc) is 2.46. The van der Waals surface area contributed by atoms with Gasteiger partial charge in [0.2, 0.25) is 0 Å². The topological polar surface area (TPSA) is 81.9 Å². The van der Waals surface area contributed by atoms with Crippen LogP contribution in [-0.2, 0) is 20.8 Å². The standard InChI is InChI=1S/C14H18N2O4/c15-13(17)10-20-14(18)12-3-1-11(2-4-12)9-16-5-7-19-8-6-16/h1-4H,5-10H2,(H2,15,17). The molecule has 2 N–H and O–H groups in total. The van der Waals surface area contributed by atoms with Gasteiger partial charge in [-0.25, -0.2) is 4.79 Å². The van der Waals surface area contributed by atoms with Crippen molar-refractivity contribution in [3.63, 3.8) is 0 Å². The first-order chi connectivity index (χ1) is 9.65. The Balaban J connectivity index is 1.88. The van der Waals surface area contributed by atoms with E-state index in [1.807, 2.05) is 12.1 Å². The van der Waals surface area contributed by atoms with Crippen LogP contribution in [0.3, 0.4) is 0 Å². The first-order valence-electron chi connectivity index (χ1n) is 6.49. The van der Waals surface area contributed by atoms with Crippen LogP contribution in [0.5, 0.6) is 0 Å². The fourth-order valence-corrected chi connectivity index (χ4v) is 1.98. The maximum atomic E-state index is 11.6. The Morgan fingerprint density at radius 3 is 2.45 bits per heavy atom. The first-order valence-corrected chi connectivity index (χ1v) is 6.49. The molecule has 1 amide bonds. The highest BCUT2D eigenvalue weighted by Crippen LogP contribution is 2.10. The maximum absolute atomic E-state index is 11.6. The number of amides is 1. The van der Waals surface area contributed by atoms with Gasteiger partial charge in [-0.2, -0.15) is 0 Å². The molecule has 0 aromatic heterocycles. The number of morpholine rings is 1. The molecular formula is C14H18N2O4. The highest BCUT2D eigenvalue weighted by molar-refractivity contribution is 5.91. The third-order valence-corrected chi connectivity index (χ3v) is 3.05. The predicted molar refractivity (Wildman–Crippen MR) is 72.0 cm³/mol. The molecule has 6 nitrogen and oxygen atoms in total. The van der Waals surface area contributed by atoms with Crippen molar-refractivity contribution >= 4 is 11.9 Å². The van der Waals surface area contributed by atoms with E-state index < -0.39 is 18.5 Å². The smallest absolute Gasteiger partial charge is 0.338 e. The Labute approximate surface area is 117 Å². The van der Waals surface area contributed by atoms with Gasteiger partial charge in [-0.3, -0.25) is 9.69 Å². The SMILES string of the molecule is NC(=O)COC(=O)c1ccc(CN2CCOCC2)cc1. The Morgan fingerprint density at radius 2 is 1.85 bits per heavy atom. The molecule has 2 rings (SSSR count). The summed E-state index contributed by atoms with van der Waals surface area (Å²) >= 11 is 0. The molecule has 108 valence electrons. The lowest BCUT2D eigenvalue weighted by Crippen LogP contribution is -2.35. The lowest BCUT2D eigenvalue weighted by Gasteiger charge is -2.26. The van der Waals surface area contributed by atoms with Gasteiger partial charge in [0.1, 0.15) is 0 Å². The zero-order chi connectivity index (χ0) is 14.4. The van der Waals surface area contributed by atoms with Crippen LogP contribution in [-0.4, -0.2) is 49.7 Å². The van der Waals surface area contributed by atoms with E-state index in [0.717, 1.165) is 38.4 Å². The second-order valence-corrected chi connectivity index (χ2v) is 4.63. The molecule has 1 aliphatic heterocycles. The second kappa shape index (κ2) is 7.02. The van der Waals surface area contributed by atoms with Crippen molar-refractivity contribution in [3.05, 3.63) is 35.4 Å². The lowest BCUT2D eigenvalue weighted by atomic mass is 10.1. The molecule has 1 fully saturated rings. The van der Waals surface area contributed by atoms with Crippen LogP contribution < -0.4 is 5.73 Å². The lowest BCUT2D eigenvalue weighted by molar-refractivity contribution is -0.121. The van der Waals surface area contributed by atoms with E-state index in [9.17, 15) is 9.59 Å². The van der Waals surface area contributed by atoms with Gasteiger partial charge in [-0.15, -0.1) is 0 Å². The molecule has 1 saturated heterocycles. The summed E-state index contributed by atoms with van der Waals surface area (Å²) in [5.41, 5.74) is 6.45. The molecule has 0 aliphatic carbocycles. The molecule has 0 radical (unpaired) electrons. The number of nitrogens with two attached hydrogens (primary N) is 1. The van der Waals surface area contributed by atoms with Crippen molar-refractivity contribution in [2.24, 2.45) is 5.73 Å². The highest BCUT2D eigenvalue weighted by Gasteiger charge is 2.12. The van der Waals surface area contributed by atoms with E-state index in [2.05, 4.69) is 4.90 Å². The maximum Gasteiger partial charge on any atom is 0.338 e. The average molecular weight is 278 g/mol. The molecule has 0 atom stereocenters. The van der Waals surface area contributed by atoms with Crippen molar-refractivity contribution in [3.8, 4) is 0 Å². The molecular weight excluding hydrogens is 260 g/mol. The number of hydrogen-bond acceptors (Lipinski definition) is 5. The summed E-state index contributed by atoms with van der Waals surface area (Å²) in [6.07, 6.45) is 0. The molecule has 6 heteroatoms. The molecule has 1 aliphatic rings. The van der Waals surface area contributed by atoms with E-state index >= 15 is 0 Å². The Morgan fingerprint density at radius 1 is 1.20 bits per heavy atom. The fraction of sp³-hybridized carbons (Fsp3) is 0.429. The van der Waals surface area contributed by atoms with Crippen LogP contribution in [0, 0.1) is 0 Å². The number of ether oxygens (including phenoxy) is 2. The van der Waals surface area contributed by atoms with Gasteiger partial charge in [-0.05, 0) is 17.7 Å². The third-order valence-electron chi connectivity index (χ3n) is 3.05. The monoisotopic (exact) mass is 278 g/mol. The number of primary amides is 1. The van der Waals surface area contributed by atoms with E-state index in [1.54, 1.807) is 12.1 Å². The van der Waals surface area contributed by atoms with Crippen molar-refractivity contribution in [1.29, 1.82) is 0 Å². The van der Waals surface area contributed by atoms with Gasteiger partial charge in [0.05, 0.1) is 18.8 Å². The van der Waals surface area contributed by atoms with Gasteiger partial charge >= 0.3 is 5.97 Å². The van der Waals surface area contributed by atoms with Crippen LogP contribution >= 0.6 is 0 Å². The van der Waals surface area contributed by atoms with Gasteiger partial charge in [0.25, 0.3) is 5.91 Å². The minimum Gasteiger partial charge on any atom is -0.452 e. The Hall–Kier alpha value is -1.92. The van der Waals surface area contributed by atoms with Gasteiger partial charge < -0.3 is 15.2 Å². The normalized spacial score (nSPS) is 15.8. The van der Waals surface area contributed by atoms with E-state index in [4.69, 9.17) is 15.2 Å². The largest absolute Gasteiger partial charge is 0.452 e. The number of nitrogens with zero attached hydrogens (tertiary/aromatic N) is 1. The number of esters is 1. The number of carbonyl (C=O) groups excluding carboxylic acids is 2. The van der Waals surface area contributed by atoms with Crippen LogP contribution in [0.1, 0.15) is 15.9 Å². The zero-order valence-electron chi connectivity index (χ0n) is 11.2. The fourth-order valence-electron chi connectivity index (χ4n) is 1.98. The molecule has 1 aromatic carbocycles. The van der Waals surface area contributed by atoms with Crippen molar-refractivity contribution < 1.29 is 19.1 Å². The Kier molecular flexibility index (Phi) is 5.09. The number of hydrogen-bond donors (Lipinski definition) is 1. The minimum absolute atomic E-state index is 0.394. The number of benzene rings is 1. The molecule has 0 saturated carbocycles. The quantitative estimate of drug-likeness (QED) is 0.776. The first kappa shape index (κ1) is 14.5. The van der Waals surface area contributed by atoms with Crippen molar-refractivity contribution in [2.45, 2.75) is 6.54 Å². The predicted octanol–water partition coefficient (Wildman–Crippen LogP) is 0.161. The van der Waals surface area contributed by atoms with Gasteiger partial charge in [0, 0.05) is 19.6 Å². The summed E-state index contributed by atoms with van der Waals surface area (Å²) in [4.78, 5) is 24.4. The highest BCUT2D eigenvalue weighted by atomic mass is 16.5. The van der Waals surface area contributed by atoms with E-state index in [1.165, 1.54) is 0 Å². The molecule has 20 heavy (non-hydrogen) atoms. The molecule has 0 unspecified atom stereocenters. The van der Waals surface area contributed by atoms with E-state index in [-0.39, 0.29) is 0 Å². The summed E-state index contributed by atoms with van der Waals surface area (Å²) < 4.78 is 10.0. The molecule has 0 spiro atoms. The molecule has 0 bridgehead atoms.